The van der Waals surface area contributed by atoms with Crippen LogP contribution in [-0.4, -0.2) is 40.0 Å². The Morgan fingerprint density at radius 1 is 1.28 bits per heavy atom. The summed E-state index contributed by atoms with van der Waals surface area (Å²) in [4.78, 5) is 12.8. The third-order valence-electron chi connectivity index (χ3n) is 3.90. The largest absolute Gasteiger partial charge is 0.355 e. The number of amides is 1. The lowest BCUT2D eigenvalue weighted by Crippen LogP contribution is -2.42. The molecule has 3 N–H and O–H groups in total. The average molecular weight is 410 g/mol. The van der Waals surface area contributed by atoms with E-state index >= 15 is 0 Å². The van der Waals surface area contributed by atoms with Gasteiger partial charge in [-0.05, 0) is 44.5 Å². The van der Waals surface area contributed by atoms with Gasteiger partial charge in [-0.3, -0.25) is 4.79 Å². The third kappa shape index (κ3) is 6.86. The number of carbonyl (C=O) groups excluding carboxylic acids is 1. The van der Waals surface area contributed by atoms with Crippen LogP contribution in [0.25, 0.3) is 0 Å². The number of rotatable bonds is 6. The molecule has 144 valence electrons. The average Bonchev–Trinajstić information content (AvgIpc) is 2.96. The highest BCUT2D eigenvalue weighted by molar-refractivity contribution is 7.91. The van der Waals surface area contributed by atoms with Crippen LogP contribution in [-0.2, 0) is 21.2 Å². The van der Waals surface area contributed by atoms with Crippen LogP contribution in [0.15, 0.2) is 16.3 Å². The van der Waals surface area contributed by atoms with E-state index in [1.165, 1.54) is 11.3 Å². The monoisotopic (exact) mass is 409 g/mol. The van der Waals surface area contributed by atoms with E-state index in [4.69, 9.17) is 0 Å². The van der Waals surface area contributed by atoms with Crippen LogP contribution < -0.4 is 15.4 Å². The van der Waals surface area contributed by atoms with Crippen LogP contribution in [0.3, 0.4) is 0 Å². The molecule has 1 aromatic rings. The van der Waals surface area contributed by atoms with Gasteiger partial charge in [0.2, 0.25) is 15.9 Å². The van der Waals surface area contributed by atoms with Gasteiger partial charge in [-0.15, -0.1) is 23.7 Å². The summed E-state index contributed by atoms with van der Waals surface area (Å²) in [6.45, 7) is 7.80. The Morgan fingerprint density at radius 3 is 2.52 bits per heavy atom. The Hall–Kier alpha value is -0.670. The fourth-order valence-electron chi connectivity index (χ4n) is 2.42. The zero-order chi connectivity index (χ0) is 17.8. The van der Waals surface area contributed by atoms with E-state index in [2.05, 4.69) is 15.4 Å². The molecule has 0 radical (unpaired) electrons. The predicted molar refractivity (Wildman–Crippen MR) is 104 cm³/mol. The standard InChI is InChI=1S/C16H27N3O3S2.ClH/c1-16(2,3)15(20)18-11-8-13-4-5-14(23-13)24(21,22)19-12-6-9-17-10-7-12;/h4-5,12,17,19H,6-11H2,1-3H3,(H,18,20);1H. The first kappa shape index (κ1) is 22.4. The molecule has 0 unspecified atom stereocenters. The molecule has 1 fully saturated rings. The van der Waals surface area contributed by atoms with Crippen molar-refractivity contribution in [3.63, 3.8) is 0 Å². The molecule has 9 heteroatoms. The van der Waals surface area contributed by atoms with E-state index in [9.17, 15) is 13.2 Å². The van der Waals surface area contributed by atoms with Crippen molar-refractivity contribution in [2.45, 2.75) is 50.3 Å². The molecular formula is C16H28ClN3O3S2. The summed E-state index contributed by atoms with van der Waals surface area (Å²) in [5, 5.41) is 6.10. The molecule has 25 heavy (non-hydrogen) atoms. The quantitative estimate of drug-likeness (QED) is 0.669. The van der Waals surface area contributed by atoms with Gasteiger partial charge in [0.05, 0.1) is 0 Å². The summed E-state index contributed by atoms with van der Waals surface area (Å²) in [5.41, 5.74) is -0.414. The lowest BCUT2D eigenvalue weighted by atomic mass is 9.96. The van der Waals surface area contributed by atoms with Gasteiger partial charge >= 0.3 is 0 Å². The molecule has 1 aromatic heterocycles. The summed E-state index contributed by atoms with van der Waals surface area (Å²) < 4.78 is 28.0. The maximum Gasteiger partial charge on any atom is 0.250 e. The first-order valence-corrected chi connectivity index (χ1v) is 10.6. The van der Waals surface area contributed by atoms with E-state index < -0.39 is 15.4 Å². The van der Waals surface area contributed by atoms with Crippen LogP contribution in [0.4, 0.5) is 0 Å². The Bertz CT molecular complexity index is 662. The highest BCUT2D eigenvalue weighted by Crippen LogP contribution is 2.23. The Kier molecular flexibility index (Phi) is 8.34. The molecule has 1 amide bonds. The molecule has 0 aliphatic carbocycles. The number of piperidine rings is 1. The van der Waals surface area contributed by atoms with Gasteiger partial charge in [0, 0.05) is 22.9 Å². The summed E-state index contributed by atoms with van der Waals surface area (Å²) >= 11 is 1.27. The SMILES string of the molecule is CC(C)(C)C(=O)NCCc1ccc(S(=O)(=O)NC2CCNCC2)s1.Cl. The third-order valence-corrected chi connectivity index (χ3v) is 7.06. The second-order valence-corrected chi connectivity index (χ2v) is 10.2. The number of thiophene rings is 1. The topological polar surface area (TPSA) is 87.3 Å². The maximum absolute atomic E-state index is 12.4. The number of hydrogen-bond acceptors (Lipinski definition) is 5. The van der Waals surface area contributed by atoms with Crippen molar-refractivity contribution in [2.75, 3.05) is 19.6 Å². The minimum absolute atomic E-state index is 0. The molecule has 0 atom stereocenters. The minimum atomic E-state index is -3.45. The lowest BCUT2D eigenvalue weighted by molar-refractivity contribution is -0.128. The van der Waals surface area contributed by atoms with Crippen molar-refractivity contribution in [2.24, 2.45) is 5.41 Å². The summed E-state index contributed by atoms with van der Waals surface area (Å²) in [6.07, 6.45) is 2.27. The zero-order valence-electron chi connectivity index (χ0n) is 14.9. The van der Waals surface area contributed by atoms with E-state index in [0.717, 1.165) is 30.8 Å². The highest BCUT2D eigenvalue weighted by atomic mass is 35.5. The number of sulfonamides is 1. The smallest absolute Gasteiger partial charge is 0.250 e. The Morgan fingerprint density at radius 2 is 1.92 bits per heavy atom. The molecule has 2 heterocycles. The Labute approximate surface area is 160 Å². The Balaban J connectivity index is 0.00000312. The molecule has 6 nitrogen and oxygen atoms in total. The molecule has 0 aromatic carbocycles. The molecular weight excluding hydrogens is 382 g/mol. The first-order valence-electron chi connectivity index (χ1n) is 8.28. The van der Waals surface area contributed by atoms with Crippen molar-refractivity contribution < 1.29 is 13.2 Å². The molecule has 0 spiro atoms. The molecule has 1 aliphatic heterocycles. The zero-order valence-corrected chi connectivity index (χ0v) is 17.4. The highest BCUT2D eigenvalue weighted by Gasteiger charge is 2.23. The molecule has 0 saturated carbocycles. The number of carbonyl (C=O) groups is 1. The van der Waals surface area contributed by atoms with Gasteiger partial charge in [0.15, 0.2) is 0 Å². The van der Waals surface area contributed by atoms with Crippen molar-refractivity contribution in [3.05, 3.63) is 17.0 Å². The van der Waals surface area contributed by atoms with E-state index in [1.54, 1.807) is 6.07 Å². The molecule has 1 aliphatic rings. The number of halogens is 1. The fourth-order valence-corrected chi connectivity index (χ4v) is 5.10. The molecule has 2 rings (SSSR count). The number of nitrogens with one attached hydrogen (secondary N) is 3. The predicted octanol–water partition coefficient (Wildman–Crippen LogP) is 1.90. The van der Waals surface area contributed by atoms with Crippen LogP contribution >= 0.6 is 23.7 Å². The fraction of sp³-hybridized carbons (Fsp3) is 0.688. The van der Waals surface area contributed by atoms with Crippen LogP contribution in [0.1, 0.15) is 38.5 Å². The van der Waals surface area contributed by atoms with Crippen molar-refractivity contribution >= 4 is 39.7 Å². The van der Waals surface area contributed by atoms with Crippen LogP contribution in [0.5, 0.6) is 0 Å². The van der Waals surface area contributed by atoms with E-state index in [1.807, 2.05) is 26.8 Å². The summed E-state index contributed by atoms with van der Waals surface area (Å²) in [7, 11) is -3.45. The van der Waals surface area contributed by atoms with E-state index in [0.29, 0.717) is 17.2 Å². The molecule has 0 bridgehead atoms. The van der Waals surface area contributed by atoms with Gasteiger partial charge < -0.3 is 10.6 Å². The first-order chi connectivity index (χ1) is 11.2. The van der Waals surface area contributed by atoms with Gasteiger partial charge in [0.1, 0.15) is 4.21 Å². The van der Waals surface area contributed by atoms with Crippen LogP contribution in [0, 0.1) is 5.41 Å². The summed E-state index contributed by atoms with van der Waals surface area (Å²) in [5.74, 6) is -0.000485. The molecule has 1 saturated heterocycles. The minimum Gasteiger partial charge on any atom is -0.355 e. The normalized spacial score (nSPS) is 16.3. The maximum atomic E-state index is 12.4. The van der Waals surface area contributed by atoms with Gasteiger partial charge in [0.25, 0.3) is 0 Å². The van der Waals surface area contributed by atoms with Crippen molar-refractivity contribution in [3.8, 4) is 0 Å². The number of hydrogen-bond donors (Lipinski definition) is 3. The van der Waals surface area contributed by atoms with Crippen molar-refractivity contribution in [1.82, 2.24) is 15.4 Å². The van der Waals surface area contributed by atoms with E-state index in [-0.39, 0.29) is 24.4 Å². The van der Waals surface area contributed by atoms with Crippen molar-refractivity contribution in [1.29, 1.82) is 0 Å². The second kappa shape index (κ2) is 9.32. The van der Waals surface area contributed by atoms with Gasteiger partial charge in [-0.25, -0.2) is 13.1 Å². The lowest BCUT2D eigenvalue weighted by Gasteiger charge is -2.23. The van der Waals surface area contributed by atoms with Gasteiger partial charge in [-0.1, -0.05) is 20.8 Å². The second-order valence-electron chi connectivity index (χ2n) is 7.12. The summed E-state index contributed by atoms with van der Waals surface area (Å²) in [6, 6.07) is 3.48. The van der Waals surface area contributed by atoms with Gasteiger partial charge in [-0.2, -0.15) is 0 Å². The van der Waals surface area contributed by atoms with Crippen LogP contribution in [0.2, 0.25) is 0 Å².